The zero-order valence-corrected chi connectivity index (χ0v) is 20.2. The van der Waals surface area contributed by atoms with Gasteiger partial charge in [-0.25, -0.2) is 8.42 Å². The Kier molecular flexibility index (Phi) is 7.25. The average Bonchev–Trinajstić information content (AvgIpc) is 3.24. The van der Waals surface area contributed by atoms with E-state index in [0.29, 0.717) is 0 Å². The highest BCUT2D eigenvalue weighted by atomic mass is 32.2. The molecule has 1 amide bonds. The lowest BCUT2D eigenvalue weighted by Crippen LogP contribution is -2.48. The monoisotopic (exact) mass is 498 g/mol. The van der Waals surface area contributed by atoms with Crippen LogP contribution in [0, 0.1) is 0 Å². The highest BCUT2D eigenvalue weighted by Crippen LogP contribution is 2.31. The maximum absolute atomic E-state index is 13.6. The van der Waals surface area contributed by atoms with Crippen molar-refractivity contribution in [3.8, 4) is 0 Å². The number of rotatable bonds is 8. The third-order valence-corrected chi connectivity index (χ3v) is 8.21. The van der Waals surface area contributed by atoms with Crippen LogP contribution in [0.15, 0.2) is 77.7 Å². The van der Waals surface area contributed by atoms with Crippen molar-refractivity contribution in [3.63, 3.8) is 0 Å². The minimum Gasteiger partial charge on any atom is -0.481 e. The molecule has 1 fully saturated rings. The number of carboxylic acids is 1. The molecular formula is C25H26N2O5S2. The predicted octanol–water partition coefficient (Wildman–Crippen LogP) is 3.40. The van der Waals surface area contributed by atoms with Crippen LogP contribution in [0.1, 0.15) is 18.4 Å². The molecule has 34 heavy (non-hydrogen) atoms. The summed E-state index contributed by atoms with van der Waals surface area (Å²) in [5.74, 6) is -1.43. The lowest BCUT2D eigenvalue weighted by molar-refractivity contribution is -0.139. The van der Waals surface area contributed by atoms with Crippen LogP contribution in [-0.2, 0) is 26.2 Å². The fraction of sp³-hybridized carbons (Fsp3) is 0.280. The summed E-state index contributed by atoms with van der Waals surface area (Å²) in [4.78, 5) is 26.4. The van der Waals surface area contributed by atoms with E-state index in [1.807, 2.05) is 54.6 Å². The number of carboxylic acid groups (broad SMARTS) is 1. The van der Waals surface area contributed by atoms with Crippen molar-refractivity contribution >= 4 is 45.3 Å². The largest absolute Gasteiger partial charge is 0.481 e. The molecule has 4 rings (SSSR count). The van der Waals surface area contributed by atoms with Gasteiger partial charge in [0, 0.05) is 24.9 Å². The van der Waals surface area contributed by atoms with Crippen LogP contribution < -0.4 is 0 Å². The van der Waals surface area contributed by atoms with Crippen LogP contribution in [-0.4, -0.2) is 59.0 Å². The third-order valence-electron chi connectivity index (χ3n) is 5.97. The van der Waals surface area contributed by atoms with Crippen molar-refractivity contribution in [2.24, 2.45) is 0 Å². The van der Waals surface area contributed by atoms with Crippen molar-refractivity contribution in [3.05, 3.63) is 78.4 Å². The Morgan fingerprint density at radius 2 is 1.68 bits per heavy atom. The summed E-state index contributed by atoms with van der Waals surface area (Å²) in [6.07, 6.45) is 0.0279. The SMILES string of the molecule is O=C(O)CCN(Cc1ccccc1)C(=O)C1CC(S)CN1S(=O)(=O)c1ccc2ccccc2c1. The summed E-state index contributed by atoms with van der Waals surface area (Å²) in [5.41, 5.74) is 0.839. The van der Waals surface area contributed by atoms with Gasteiger partial charge in [0.15, 0.2) is 0 Å². The molecule has 2 unspecified atom stereocenters. The predicted molar refractivity (Wildman–Crippen MR) is 133 cm³/mol. The third kappa shape index (κ3) is 5.27. The van der Waals surface area contributed by atoms with Crippen molar-refractivity contribution < 1.29 is 23.1 Å². The number of nitrogens with zero attached hydrogens (tertiary/aromatic N) is 2. The summed E-state index contributed by atoms with van der Waals surface area (Å²) in [6, 6.07) is 20.7. The van der Waals surface area contributed by atoms with Crippen LogP contribution in [0.4, 0.5) is 0 Å². The van der Waals surface area contributed by atoms with Crippen LogP contribution in [0.3, 0.4) is 0 Å². The van der Waals surface area contributed by atoms with Crippen molar-refractivity contribution in [1.29, 1.82) is 0 Å². The highest BCUT2D eigenvalue weighted by molar-refractivity contribution is 7.89. The summed E-state index contributed by atoms with van der Waals surface area (Å²) in [5, 5.41) is 10.6. The maximum Gasteiger partial charge on any atom is 0.305 e. The first-order valence-electron chi connectivity index (χ1n) is 11.0. The molecule has 0 aliphatic carbocycles. The number of thiol groups is 1. The van der Waals surface area contributed by atoms with Crippen LogP contribution in [0.2, 0.25) is 0 Å². The van der Waals surface area contributed by atoms with Crippen molar-refractivity contribution in [2.75, 3.05) is 13.1 Å². The number of benzene rings is 3. The first kappa shape index (κ1) is 24.3. The van der Waals surface area contributed by atoms with E-state index in [4.69, 9.17) is 0 Å². The number of aliphatic carboxylic acids is 1. The molecule has 3 aromatic rings. The van der Waals surface area contributed by atoms with E-state index < -0.39 is 27.9 Å². The molecular weight excluding hydrogens is 472 g/mol. The molecule has 3 aromatic carbocycles. The molecule has 1 heterocycles. The van der Waals surface area contributed by atoms with E-state index >= 15 is 0 Å². The number of carbonyl (C=O) groups is 2. The summed E-state index contributed by atoms with van der Waals surface area (Å²) in [6.45, 7) is 0.290. The van der Waals surface area contributed by atoms with Gasteiger partial charge >= 0.3 is 5.97 Å². The number of amides is 1. The highest BCUT2D eigenvalue weighted by Gasteiger charge is 2.44. The van der Waals surface area contributed by atoms with Gasteiger partial charge in [0.05, 0.1) is 11.3 Å². The number of fused-ring (bicyclic) bond motifs is 1. The lowest BCUT2D eigenvalue weighted by Gasteiger charge is -2.30. The zero-order chi connectivity index (χ0) is 24.3. The van der Waals surface area contributed by atoms with Gasteiger partial charge < -0.3 is 10.0 Å². The van der Waals surface area contributed by atoms with Gasteiger partial charge in [-0.2, -0.15) is 16.9 Å². The van der Waals surface area contributed by atoms with Crippen LogP contribution >= 0.6 is 12.6 Å². The van der Waals surface area contributed by atoms with Crippen molar-refractivity contribution in [2.45, 2.75) is 35.6 Å². The minimum absolute atomic E-state index is 0.0132. The Morgan fingerprint density at radius 3 is 2.38 bits per heavy atom. The lowest BCUT2D eigenvalue weighted by atomic mass is 10.1. The topological polar surface area (TPSA) is 95.0 Å². The first-order chi connectivity index (χ1) is 16.3. The average molecular weight is 499 g/mol. The van der Waals surface area contributed by atoms with E-state index in [1.54, 1.807) is 18.2 Å². The molecule has 1 saturated heterocycles. The van der Waals surface area contributed by atoms with Gasteiger partial charge in [0.25, 0.3) is 0 Å². The van der Waals surface area contributed by atoms with Crippen LogP contribution in [0.5, 0.6) is 0 Å². The number of hydrogen-bond acceptors (Lipinski definition) is 5. The molecule has 0 aromatic heterocycles. The molecule has 7 nitrogen and oxygen atoms in total. The Morgan fingerprint density at radius 1 is 1.00 bits per heavy atom. The fourth-order valence-electron chi connectivity index (χ4n) is 4.25. The fourth-order valence-corrected chi connectivity index (χ4v) is 6.41. The van der Waals surface area contributed by atoms with E-state index in [0.717, 1.165) is 16.3 Å². The molecule has 2 atom stereocenters. The van der Waals surface area contributed by atoms with E-state index in [9.17, 15) is 23.1 Å². The van der Waals surface area contributed by atoms with Gasteiger partial charge in [-0.1, -0.05) is 60.7 Å². The van der Waals surface area contributed by atoms with E-state index in [1.165, 1.54) is 9.21 Å². The molecule has 0 bridgehead atoms. The maximum atomic E-state index is 13.6. The standard InChI is InChI=1S/C25H26N2O5S2/c28-24(29)12-13-26(16-18-6-2-1-3-7-18)25(30)23-15-21(33)17-27(23)34(31,32)22-11-10-19-8-4-5-9-20(19)14-22/h1-11,14,21,23,33H,12-13,15-17H2,(H,28,29). The number of sulfonamides is 1. The second-order valence-electron chi connectivity index (χ2n) is 8.38. The molecule has 9 heteroatoms. The van der Waals surface area contributed by atoms with Crippen LogP contribution in [0.25, 0.3) is 10.8 Å². The molecule has 0 radical (unpaired) electrons. The number of carbonyl (C=O) groups excluding carboxylic acids is 1. The smallest absolute Gasteiger partial charge is 0.305 e. The summed E-state index contributed by atoms with van der Waals surface area (Å²) < 4.78 is 28.4. The number of hydrogen-bond donors (Lipinski definition) is 2. The quantitative estimate of drug-likeness (QED) is 0.464. The second-order valence-corrected chi connectivity index (χ2v) is 11.0. The Balaban J connectivity index is 1.64. The zero-order valence-electron chi connectivity index (χ0n) is 18.4. The van der Waals surface area contributed by atoms with Gasteiger partial charge in [-0.05, 0) is 34.9 Å². The summed E-state index contributed by atoms with van der Waals surface area (Å²) >= 11 is 4.49. The molecule has 1 N–H and O–H groups in total. The van der Waals surface area contributed by atoms with Gasteiger partial charge in [0.1, 0.15) is 6.04 Å². The van der Waals surface area contributed by atoms with Crippen molar-refractivity contribution in [1.82, 2.24) is 9.21 Å². The molecule has 0 spiro atoms. The molecule has 0 saturated carbocycles. The van der Waals surface area contributed by atoms with Gasteiger partial charge in [-0.3, -0.25) is 9.59 Å². The summed E-state index contributed by atoms with van der Waals surface area (Å²) in [7, 11) is -3.97. The van der Waals surface area contributed by atoms with E-state index in [2.05, 4.69) is 12.6 Å². The van der Waals surface area contributed by atoms with Gasteiger partial charge in [0.2, 0.25) is 15.9 Å². The Hall–Kier alpha value is -2.88. The molecule has 178 valence electrons. The van der Waals surface area contributed by atoms with E-state index in [-0.39, 0.29) is 42.6 Å². The first-order valence-corrected chi connectivity index (χ1v) is 12.9. The normalized spacial score (nSPS) is 18.7. The molecule has 1 aliphatic heterocycles. The minimum atomic E-state index is -3.97. The Labute approximate surface area is 204 Å². The Bertz CT molecular complexity index is 1300. The van der Waals surface area contributed by atoms with Gasteiger partial charge in [-0.15, -0.1) is 0 Å². The molecule has 1 aliphatic rings. The second kappa shape index (κ2) is 10.2.